The second-order valence-electron chi connectivity index (χ2n) is 7.14. The number of carbonyl (C=O) groups excluding carboxylic acids is 2. The maximum atomic E-state index is 12.5. The monoisotopic (exact) mass is 433 g/mol. The molecule has 8 heteroatoms. The van der Waals surface area contributed by atoms with Crippen LogP contribution in [0.25, 0.3) is 0 Å². The van der Waals surface area contributed by atoms with Gasteiger partial charge in [-0.25, -0.2) is 0 Å². The molecule has 0 aliphatic carbocycles. The van der Waals surface area contributed by atoms with Crippen molar-refractivity contribution in [3.63, 3.8) is 0 Å². The summed E-state index contributed by atoms with van der Waals surface area (Å²) in [6, 6.07) is 20.7. The van der Waals surface area contributed by atoms with Crippen molar-refractivity contribution in [2.24, 2.45) is 0 Å². The number of rotatable bonds is 5. The number of benzene rings is 3. The summed E-state index contributed by atoms with van der Waals surface area (Å²) < 4.78 is 0. The summed E-state index contributed by atoms with van der Waals surface area (Å²) in [4.78, 5) is 36.9. The smallest absolute Gasteiger partial charge is 0.269 e. The Morgan fingerprint density at radius 3 is 2.29 bits per heavy atom. The first-order valence-electron chi connectivity index (χ1n) is 9.58. The molecule has 1 N–H and O–H groups in total. The number of non-ortho nitro benzene ring substituents is 1. The minimum absolute atomic E-state index is 0.0643. The summed E-state index contributed by atoms with van der Waals surface area (Å²) in [7, 11) is 0. The number of hydrogen-bond acceptors (Lipinski definition) is 5. The van der Waals surface area contributed by atoms with Crippen molar-refractivity contribution in [3.05, 3.63) is 99.6 Å². The average molecular weight is 433 g/mol. The summed E-state index contributed by atoms with van der Waals surface area (Å²) in [5.74, 6) is 0.126. The molecule has 7 nitrogen and oxygen atoms in total. The van der Waals surface area contributed by atoms with Crippen LogP contribution in [0.2, 0.25) is 0 Å². The summed E-state index contributed by atoms with van der Waals surface area (Å²) in [6.45, 7) is 2.01. The first-order valence-corrected chi connectivity index (χ1v) is 10.6. The third-order valence-electron chi connectivity index (χ3n) is 4.97. The molecule has 0 bridgehead atoms. The van der Waals surface area contributed by atoms with Crippen molar-refractivity contribution in [1.82, 2.24) is 0 Å². The van der Waals surface area contributed by atoms with Crippen molar-refractivity contribution in [1.29, 1.82) is 0 Å². The van der Waals surface area contributed by atoms with Gasteiger partial charge in [0.05, 0.1) is 10.7 Å². The molecule has 31 heavy (non-hydrogen) atoms. The van der Waals surface area contributed by atoms with E-state index >= 15 is 0 Å². The highest BCUT2D eigenvalue weighted by molar-refractivity contribution is 8.00. The van der Waals surface area contributed by atoms with Crippen LogP contribution in [0.15, 0.2) is 72.8 Å². The van der Waals surface area contributed by atoms with Gasteiger partial charge in [-0.1, -0.05) is 29.8 Å². The maximum absolute atomic E-state index is 12.5. The molecule has 0 aromatic heterocycles. The lowest BCUT2D eigenvalue weighted by Gasteiger charge is -2.24. The Bertz CT molecular complexity index is 1130. The van der Waals surface area contributed by atoms with E-state index in [1.165, 1.54) is 24.3 Å². The Hall–Kier alpha value is -3.65. The van der Waals surface area contributed by atoms with E-state index in [-0.39, 0.29) is 22.9 Å². The van der Waals surface area contributed by atoms with Crippen LogP contribution in [-0.4, -0.2) is 22.5 Å². The van der Waals surface area contributed by atoms with Crippen molar-refractivity contribution in [3.8, 4) is 0 Å². The quantitative estimate of drug-likeness (QED) is 0.455. The van der Waals surface area contributed by atoms with Gasteiger partial charge in [0, 0.05) is 29.1 Å². The Labute approximate surface area is 183 Å². The van der Waals surface area contributed by atoms with Gasteiger partial charge in [0.25, 0.3) is 11.6 Å². The van der Waals surface area contributed by atoms with E-state index in [2.05, 4.69) is 5.32 Å². The van der Waals surface area contributed by atoms with Crippen LogP contribution >= 0.6 is 11.8 Å². The molecule has 0 radical (unpaired) electrons. The fourth-order valence-corrected chi connectivity index (χ4v) is 4.50. The van der Waals surface area contributed by atoms with Gasteiger partial charge in [0.2, 0.25) is 5.91 Å². The van der Waals surface area contributed by atoms with Crippen LogP contribution in [0.3, 0.4) is 0 Å². The van der Waals surface area contributed by atoms with Crippen molar-refractivity contribution < 1.29 is 14.5 Å². The molecule has 1 atom stereocenters. The highest BCUT2D eigenvalue weighted by Crippen LogP contribution is 2.42. The molecule has 3 aromatic rings. The highest BCUT2D eigenvalue weighted by atomic mass is 32.2. The van der Waals surface area contributed by atoms with Crippen LogP contribution in [0.4, 0.5) is 17.1 Å². The zero-order valence-corrected chi connectivity index (χ0v) is 17.5. The van der Waals surface area contributed by atoms with Crippen LogP contribution in [0.5, 0.6) is 0 Å². The fourth-order valence-electron chi connectivity index (χ4n) is 3.32. The number of hydrogen-bond donors (Lipinski definition) is 1. The normalized spacial score (nSPS) is 15.7. The Morgan fingerprint density at radius 2 is 1.68 bits per heavy atom. The average Bonchev–Trinajstić information content (AvgIpc) is 3.16. The predicted molar refractivity (Wildman–Crippen MR) is 121 cm³/mol. The second-order valence-corrected chi connectivity index (χ2v) is 8.21. The van der Waals surface area contributed by atoms with E-state index in [1.54, 1.807) is 28.8 Å². The molecule has 0 spiro atoms. The molecule has 1 heterocycles. The molecule has 1 aliphatic heterocycles. The predicted octanol–water partition coefficient (Wildman–Crippen LogP) is 4.93. The summed E-state index contributed by atoms with van der Waals surface area (Å²) in [5, 5.41) is 13.4. The van der Waals surface area contributed by atoms with Crippen LogP contribution < -0.4 is 10.2 Å². The van der Waals surface area contributed by atoms with Crippen molar-refractivity contribution in [2.45, 2.75) is 12.3 Å². The maximum Gasteiger partial charge on any atom is 0.269 e. The summed E-state index contributed by atoms with van der Waals surface area (Å²) >= 11 is 1.56. The van der Waals surface area contributed by atoms with Gasteiger partial charge >= 0.3 is 0 Å². The topological polar surface area (TPSA) is 92.6 Å². The van der Waals surface area contributed by atoms with E-state index in [4.69, 9.17) is 0 Å². The Balaban J connectivity index is 1.48. The molecule has 1 fully saturated rings. The van der Waals surface area contributed by atoms with Gasteiger partial charge in [-0.15, -0.1) is 11.8 Å². The SMILES string of the molecule is Cc1ccc(N2C(=O)CSC2c2ccc(NC(=O)c3ccc([N+](=O)[O-])cc3)cc2)cc1. The number of nitrogens with one attached hydrogen (secondary N) is 1. The van der Waals surface area contributed by atoms with Crippen molar-refractivity contribution in [2.75, 3.05) is 16.0 Å². The Kier molecular flexibility index (Phi) is 5.73. The lowest BCUT2D eigenvalue weighted by molar-refractivity contribution is -0.384. The molecule has 1 aliphatic rings. The molecule has 2 amide bonds. The second kappa shape index (κ2) is 8.61. The molecule has 1 saturated heterocycles. The summed E-state index contributed by atoms with van der Waals surface area (Å²) in [6.07, 6.45) is 0. The molecular formula is C23H19N3O4S. The van der Waals surface area contributed by atoms with E-state index < -0.39 is 4.92 Å². The number of aryl methyl sites for hydroxylation is 1. The lowest BCUT2D eigenvalue weighted by atomic mass is 10.1. The minimum Gasteiger partial charge on any atom is -0.322 e. The molecule has 3 aromatic carbocycles. The van der Waals surface area contributed by atoms with Gasteiger partial charge in [-0.3, -0.25) is 24.6 Å². The van der Waals surface area contributed by atoms with Crippen molar-refractivity contribution >= 4 is 40.6 Å². The van der Waals surface area contributed by atoms with Crippen LogP contribution in [-0.2, 0) is 4.79 Å². The van der Waals surface area contributed by atoms with Gasteiger partial charge in [-0.05, 0) is 48.9 Å². The van der Waals surface area contributed by atoms with Gasteiger partial charge in [-0.2, -0.15) is 0 Å². The number of nitro groups is 1. The number of carbonyl (C=O) groups is 2. The van der Waals surface area contributed by atoms with Gasteiger partial charge in [0.15, 0.2) is 0 Å². The molecule has 1 unspecified atom stereocenters. The standard InChI is InChI=1S/C23H19N3O4S/c1-15-2-10-19(11-3-15)25-21(27)14-31-23(25)17-4-8-18(9-5-17)24-22(28)16-6-12-20(13-7-16)26(29)30/h2-13,23H,14H2,1H3,(H,24,28). The number of amides is 2. The van der Waals surface area contributed by atoms with Gasteiger partial charge in [0.1, 0.15) is 5.37 Å². The molecule has 4 rings (SSSR count). The zero-order valence-electron chi connectivity index (χ0n) is 16.6. The van der Waals surface area contributed by atoms with E-state index in [0.717, 1.165) is 16.8 Å². The first-order chi connectivity index (χ1) is 14.9. The van der Waals surface area contributed by atoms with Crippen LogP contribution in [0.1, 0.15) is 26.9 Å². The van der Waals surface area contributed by atoms with Crippen LogP contribution in [0, 0.1) is 17.0 Å². The number of thioether (sulfide) groups is 1. The number of anilines is 2. The third kappa shape index (κ3) is 4.44. The minimum atomic E-state index is -0.508. The molecule has 156 valence electrons. The number of nitrogens with zero attached hydrogens (tertiary/aromatic N) is 2. The Morgan fingerprint density at radius 1 is 1.03 bits per heavy atom. The van der Waals surface area contributed by atoms with E-state index in [1.807, 2.05) is 43.3 Å². The molecule has 0 saturated carbocycles. The van der Waals surface area contributed by atoms with E-state index in [0.29, 0.717) is 17.0 Å². The lowest BCUT2D eigenvalue weighted by Crippen LogP contribution is -2.27. The van der Waals surface area contributed by atoms with E-state index in [9.17, 15) is 19.7 Å². The zero-order chi connectivity index (χ0) is 22.0. The first kappa shape index (κ1) is 20.6. The molecular weight excluding hydrogens is 414 g/mol. The largest absolute Gasteiger partial charge is 0.322 e. The van der Waals surface area contributed by atoms with Gasteiger partial charge < -0.3 is 5.32 Å². The number of nitro benzene ring substituents is 1. The fraction of sp³-hybridized carbons (Fsp3) is 0.130. The highest BCUT2D eigenvalue weighted by Gasteiger charge is 2.33. The summed E-state index contributed by atoms with van der Waals surface area (Å²) in [5.41, 5.74) is 3.82. The third-order valence-corrected chi connectivity index (χ3v) is 6.19.